The maximum atomic E-state index is 13.2. The van der Waals surface area contributed by atoms with Crippen molar-refractivity contribution in [3.8, 4) is 5.75 Å². The molecule has 24 heavy (non-hydrogen) atoms. The van der Waals surface area contributed by atoms with Crippen LogP contribution in [0.1, 0.15) is 55.8 Å². The topological polar surface area (TPSA) is 58.6 Å². The molecule has 2 aliphatic rings. The Morgan fingerprint density at radius 3 is 2.79 bits per heavy atom. The Balaban J connectivity index is 1.86. The lowest BCUT2D eigenvalue weighted by Gasteiger charge is -2.43. The Labute approximate surface area is 143 Å². The normalized spacial score (nSPS) is 19.4. The van der Waals surface area contributed by atoms with Crippen molar-refractivity contribution >= 4 is 11.8 Å². The van der Waals surface area contributed by atoms with E-state index < -0.39 is 5.54 Å². The predicted molar refractivity (Wildman–Crippen MR) is 92.1 cm³/mol. The highest BCUT2D eigenvalue weighted by Crippen LogP contribution is 2.38. The van der Waals surface area contributed by atoms with Gasteiger partial charge in [-0.25, -0.2) is 0 Å². The SMILES string of the molecule is CCCCOc1ccccc1C(=O)N1CCNC(=O)C12CCCC2. The first-order valence-corrected chi connectivity index (χ1v) is 9.01. The second kappa shape index (κ2) is 7.24. The van der Waals surface area contributed by atoms with Crippen LogP contribution < -0.4 is 10.1 Å². The van der Waals surface area contributed by atoms with Crippen molar-refractivity contribution < 1.29 is 14.3 Å². The van der Waals surface area contributed by atoms with Crippen LogP contribution in [0, 0.1) is 0 Å². The van der Waals surface area contributed by atoms with Crippen LogP contribution in [0.15, 0.2) is 24.3 Å². The molecule has 0 unspecified atom stereocenters. The van der Waals surface area contributed by atoms with E-state index in [4.69, 9.17) is 4.74 Å². The fraction of sp³-hybridized carbons (Fsp3) is 0.579. The van der Waals surface area contributed by atoms with E-state index in [9.17, 15) is 9.59 Å². The van der Waals surface area contributed by atoms with Gasteiger partial charge in [-0.3, -0.25) is 9.59 Å². The largest absolute Gasteiger partial charge is 0.493 e. The average molecular weight is 330 g/mol. The highest BCUT2D eigenvalue weighted by molar-refractivity contribution is 6.01. The molecule has 1 aliphatic heterocycles. The fourth-order valence-corrected chi connectivity index (χ4v) is 3.78. The molecule has 2 amide bonds. The van der Waals surface area contributed by atoms with Crippen molar-refractivity contribution in [3.05, 3.63) is 29.8 Å². The summed E-state index contributed by atoms with van der Waals surface area (Å²) in [5, 5.41) is 2.94. The van der Waals surface area contributed by atoms with Gasteiger partial charge in [0.2, 0.25) is 5.91 Å². The zero-order valence-corrected chi connectivity index (χ0v) is 14.3. The van der Waals surface area contributed by atoms with E-state index in [-0.39, 0.29) is 11.8 Å². The van der Waals surface area contributed by atoms with Gasteiger partial charge in [-0.1, -0.05) is 38.3 Å². The second-order valence-electron chi connectivity index (χ2n) is 6.65. The van der Waals surface area contributed by atoms with Crippen LogP contribution >= 0.6 is 0 Å². The Morgan fingerprint density at radius 1 is 1.29 bits per heavy atom. The number of carbonyl (C=O) groups is 2. The van der Waals surface area contributed by atoms with Crippen LogP contribution in [0.5, 0.6) is 5.75 Å². The van der Waals surface area contributed by atoms with Gasteiger partial charge < -0.3 is 15.0 Å². The number of benzene rings is 1. The minimum atomic E-state index is -0.661. The van der Waals surface area contributed by atoms with Crippen molar-refractivity contribution in [1.29, 1.82) is 0 Å². The second-order valence-corrected chi connectivity index (χ2v) is 6.65. The van der Waals surface area contributed by atoms with Crippen LogP contribution in [-0.4, -0.2) is 41.9 Å². The van der Waals surface area contributed by atoms with Crippen LogP contribution in [0.3, 0.4) is 0 Å². The van der Waals surface area contributed by atoms with E-state index in [2.05, 4.69) is 12.2 Å². The van der Waals surface area contributed by atoms with E-state index in [1.165, 1.54) is 0 Å². The zero-order valence-electron chi connectivity index (χ0n) is 14.3. The molecule has 0 radical (unpaired) electrons. The summed E-state index contributed by atoms with van der Waals surface area (Å²) < 4.78 is 5.82. The molecular formula is C19H26N2O3. The molecule has 1 N–H and O–H groups in total. The molecule has 130 valence electrons. The summed E-state index contributed by atoms with van der Waals surface area (Å²) in [6.45, 7) is 3.79. The first-order valence-electron chi connectivity index (χ1n) is 9.01. The number of hydrogen-bond acceptors (Lipinski definition) is 3. The molecular weight excluding hydrogens is 304 g/mol. The number of piperazine rings is 1. The van der Waals surface area contributed by atoms with E-state index in [1.54, 1.807) is 11.0 Å². The molecule has 1 aliphatic carbocycles. The molecule has 0 atom stereocenters. The number of amides is 2. The summed E-state index contributed by atoms with van der Waals surface area (Å²) >= 11 is 0. The number of para-hydroxylation sites is 1. The molecule has 3 rings (SSSR count). The Bertz CT molecular complexity index is 608. The first kappa shape index (κ1) is 16.8. The first-order chi connectivity index (χ1) is 11.7. The minimum absolute atomic E-state index is 0.00369. The highest BCUT2D eigenvalue weighted by Gasteiger charge is 2.50. The van der Waals surface area contributed by atoms with E-state index in [0.29, 0.717) is 31.0 Å². The van der Waals surface area contributed by atoms with Crippen molar-refractivity contribution in [3.63, 3.8) is 0 Å². The van der Waals surface area contributed by atoms with Crippen LogP contribution in [-0.2, 0) is 4.79 Å². The molecule has 1 heterocycles. The lowest BCUT2D eigenvalue weighted by Crippen LogP contribution is -2.65. The molecule has 1 aromatic carbocycles. The van der Waals surface area contributed by atoms with E-state index in [0.717, 1.165) is 38.5 Å². The van der Waals surface area contributed by atoms with Gasteiger partial charge in [0.1, 0.15) is 11.3 Å². The average Bonchev–Trinajstić information content (AvgIpc) is 3.08. The van der Waals surface area contributed by atoms with Gasteiger partial charge in [0.15, 0.2) is 0 Å². The molecule has 5 heteroatoms. The molecule has 1 saturated heterocycles. The molecule has 5 nitrogen and oxygen atoms in total. The van der Waals surface area contributed by atoms with Gasteiger partial charge in [0.05, 0.1) is 12.2 Å². The third-order valence-electron chi connectivity index (χ3n) is 5.11. The summed E-state index contributed by atoms with van der Waals surface area (Å²) in [7, 11) is 0. The van der Waals surface area contributed by atoms with Crippen LogP contribution in [0.2, 0.25) is 0 Å². The van der Waals surface area contributed by atoms with Gasteiger partial charge in [-0.2, -0.15) is 0 Å². The maximum absolute atomic E-state index is 13.2. The molecule has 0 bridgehead atoms. The smallest absolute Gasteiger partial charge is 0.258 e. The highest BCUT2D eigenvalue weighted by atomic mass is 16.5. The molecule has 1 aromatic rings. The lowest BCUT2D eigenvalue weighted by atomic mass is 9.90. The van der Waals surface area contributed by atoms with Crippen LogP contribution in [0.25, 0.3) is 0 Å². The lowest BCUT2D eigenvalue weighted by molar-refractivity contribution is -0.134. The van der Waals surface area contributed by atoms with Gasteiger partial charge >= 0.3 is 0 Å². The third-order valence-corrected chi connectivity index (χ3v) is 5.11. The zero-order chi connectivity index (χ0) is 17.0. The monoisotopic (exact) mass is 330 g/mol. The van der Waals surface area contributed by atoms with Gasteiger partial charge in [0, 0.05) is 13.1 Å². The summed E-state index contributed by atoms with van der Waals surface area (Å²) in [5.41, 5.74) is -0.0964. The van der Waals surface area contributed by atoms with Crippen LogP contribution in [0.4, 0.5) is 0 Å². The van der Waals surface area contributed by atoms with Crippen molar-refractivity contribution in [2.24, 2.45) is 0 Å². The molecule has 2 fully saturated rings. The van der Waals surface area contributed by atoms with Crippen molar-refractivity contribution in [2.75, 3.05) is 19.7 Å². The number of ether oxygens (including phenoxy) is 1. The van der Waals surface area contributed by atoms with Gasteiger partial charge in [-0.05, 0) is 31.4 Å². The third kappa shape index (κ3) is 2.99. The molecule has 1 spiro atoms. The molecule has 0 aromatic heterocycles. The predicted octanol–water partition coefficient (Wildman–Crippen LogP) is 2.75. The Morgan fingerprint density at radius 2 is 2.04 bits per heavy atom. The van der Waals surface area contributed by atoms with Crippen molar-refractivity contribution in [2.45, 2.75) is 51.0 Å². The Kier molecular flexibility index (Phi) is 5.07. The standard InChI is InChI=1S/C19H26N2O3/c1-2-3-14-24-16-9-5-4-8-15(16)17(22)21-13-12-20-18(23)19(21)10-6-7-11-19/h4-5,8-9H,2-3,6-7,10-14H2,1H3,(H,20,23). The number of carbonyl (C=O) groups excluding carboxylic acids is 2. The van der Waals surface area contributed by atoms with E-state index >= 15 is 0 Å². The minimum Gasteiger partial charge on any atom is -0.493 e. The summed E-state index contributed by atoms with van der Waals surface area (Å²) in [4.78, 5) is 27.5. The van der Waals surface area contributed by atoms with Gasteiger partial charge in [0.25, 0.3) is 5.91 Å². The quantitative estimate of drug-likeness (QED) is 0.845. The number of hydrogen-bond donors (Lipinski definition) is 1. The maximum Gasteiger partial charge on any atom is 0.258 e. The molecule has 1 saturated carbocycles. The number of nitrogens with one attached hydrogen (secondary N) is 1. The van der Waals surface area contributed by atoms with Gasteiger partial charge in [-0.15, -0.1) is 0 Å². The van der Waals surface area contributed by atoms with E-state index in [1.807, 2.05) is 18.2 Å². The Hall–Kier alpha value is -2.04. The number of rotatable bonds is 5. The summed E-state index contributed by atoms with van der Waals surface area (Å²) in [5.74, 6) is 0.540. The van der Waals surface area contributed by atoms with Crippen molar-refractivity contribution in [1.82, 2.24) is 10.2 Å². The summed E-state index contributed by atoms with van der Waals surface area (Å²) in [6, 6.07) is 7.38. The number of nitrogens with zero attached hydrogens (tertiary/aromatic N) is 1. The summed E-state index contributed by atoms with van der Waals surface area (Å²) in [6.07, 6.45) is 5.49. The number of unbranched alkanes of at least 4 members (excludes halogenated alkanes) is 1. The fourth-order valence-electron chi connectivity index (χ4n) is 3.78.